The Bertz CT molecular complexity index is 620. The highest BCUT2D eigenvalue weighted by Gasteiger charge is 2.06. The fourth-order valence-corrected chi connectivity index (χ4v) is 2.59. The van der Waals surface area contributed by atoms with Crippen molar-refractivity contribution in [3.63, 3.8) is 0 Å². The fourth-order valence-electron chi connectivity index (χ4n) is 1.60. The summed E-state index contributed by atoms with van der Waals surface area (Å²) in [5.41, 5.74) is 1.31. The van der Waals surface area contributed by atoms with Crippen LogP contribution in [0.15, 0.2) is 52.4 Å². The lowest BCUT2D eigenvalue weighted by molar-refractivity contribution is 0.569. The number of halogens is 2. The van der Waals surface area contributed by atoms with Gasteiger partial charge in [0, 0.05) is 10.9 Å². The van der Waals surface area contributed by atoms with Crippen molar-refractivity contribution in [3.05, 3.63) is 52.4 Å². The molecular formula is C14H10Cl2OS2. The molecule has 0 aliphatic heterocycles. The number of thiocarbonyl (C=S) groups is 1. The summed E-state index contributed by atoms with van der Waals surface area (Å²) in [4.78, 5) is 0. The lowest BCUT2D eigenvalue weighted by atomic mass is 10.1. The van der Waals surface area contributed by atoms with E-state index < -0.39 is 0 Å². The lowest BCUT2D eigenvalue weighted by Gasteiger charge is -2.09. The Hall–Kier alpha value is -0.740. The van der Waals surface area contributed by atoms with E-state index in [1.54, 1.807) is 0 Å². The fraction of sp³-hybridized carbons (Fsp3) is 0.0714. The third kappa shape index (κ3) is 4.11. The van der Waals surface area contributed by atoms with E-state index in [2.05, 4.69) is 0 Å². The predicted octanol–water partition coefficient (Wildman–Crippen LogP) is 5.56. The number of fused-ring (bicyclic) bond motifs is 1. The van der Waals surface area contributed by atoms with Crippen LogP contribution in [0.4, 0.5) is 0 Å². The number of benzene rings is 2. The summed E-state index contributed by atoms with van der Waals surface area (Å²) in [6, 6.07) is 13.9. The zero-order valence-electron chi connectivity index (χ0n) is 9.81. The number of thioether (sulfide) groups is 1. The first kappa shape index (κ1) is 14.7. The van der Waals surface area contributed by atoms with E-state index in [0.717, 1.165) is 16.5 Å². The van der Waals surface area contributed by atoms with E-state index in [-0.39, 0.29) is 0 Å². The van der Waals surface area contributed by atoms with Crippen LogP contribution in [0.3, 0.4) is 0 Å². The molecule has 2 aromatic rings. The second-order valence-electron chi connectivity index (χ2n) is 3.65. The largest absolute Gasteiger partial charge is 0.449 e. The van der Waals surface area contributed by atoms with Crippen LogP contribution in [0.2, 0.25) is 0 Å². The summed E-state index contributed by atoms with van der Waals surface area (Å²) in [6.45, 7) is 0. The van der Waals surface area contributed by atoms with Gasteiger partial charge in [0.15, 0.2) is 5.05 Å². The molecule has 0 spiro atoms. The average molecular weight is 329 g/mol. The van der Waals surface area contributed by atoms with E-state index in [1.165, 1.54) is 17.3 Å². The van der Waals surface area contributed by atoms with Crippen LogP contribution in [0.5, 0.6) is 5.75 Å². The third-order valence-corrected chi connectivity index (χ3v) is 4.49. The monoisotopic (exact) mass is 328 g/mol. The molecule has 0 fully saturated rings. The van der Waals surface area contributed by atoms with Crippen molar-refractivity contribution < 1.29 is 4.74 Å². The van der Waals surface area contributed by atoms with E-state index in [1.807, 2.05) is 42.5 Å². The van der Waals surface area contributed by atoms with Gasteiger partial charge in [-0.05, 0) is 23.7 Å². The molecule has 0 saturated heterocycles. The third-order valence-electron chi connectivity index (χ3n) is 2.39. The standard InChI is InChI=1S/C14H10Cl2OS2/c15-8-13(16)19-9-14(18)17-12-7-3-5-10-4-1-2-6-11(10)12/h1-8H,9H2/b13-8+. The molecule has 0 aromatic heterocycles. The van der Waals surface area contributed by atoms with Gasteiger partial charge in [-0.1, -0.05) is 59.6 Å². The minimum absolute atomic E-state index is 0.470. The molecule has 0 bridgehead atoms. The highest BCUT2D eigenvalue weighted by Crippen LogP contribution is 2.27. The SMILES string of the molecule is S=C(CS/C(Cl)=C/Cl)Oc1cccc2ccccc12. The molecule has 0 atom stereocenters. The first-order chi connectivity index (χ1) is 9.20. The van der Waals surface area contributed by atoms with Gasteiger partial charge in [-0.15, -0.1) is 11.8 Å². The quantitative estimate of drug-likeness (QED) is 0.680. The van der Waals surface area contributed by atoms with Gasteiger partial charge in [-0.3, -0.25) is 0 Å². The van der Waals surface area contributed by atoms with E-state index in [0.29, 0.717) is 15.2 Å². The molecule has 0 unspecified atom stereocenters. The maximum atomic E-state index is 5.78. The summed E-state index contributed by atoms with van der Waals surface area (Å²) in [7, 11) is 0. The van der Waals surface area contributed by atoms with Crippen LogP contribution in [0.25, 0.3) is 10.8 Å². The Morgan fingerprint density at radius 2 is 1.95 bits per heavy atom. The summed E-state index contributed by atoms with van der Waals surface area (Å²) in [6.07, 6.45) is 0. The van der Waals surface area contributed by atoms with Gasteiger partial charge in [0.1, 0.15) is 5.75 Å². The lowest BCUT2D eigenvalue weighted by Crippen LogP contribution is -2.08. The topological polar surface area (TPSA) is 9.23 Å². The Balaban J connectivity index is 2.11. The van der Waals surface area contributed by atoms with Crippen LogP contribution in [0, 0.1) is 0 Å². The molecule has 19 heavy (non-hydrogen) atoms. The Kier molecular flexibility index (Phi) is 5.52. The van der Waals surface area contributed by atoms with Crippen molar-refractivity contribution in [2.75, 3.05) is 5.75 Å². The van der Waals surface area contributed by atoms with Crippen LogP contribution in [-0.2, 0) is 0 Å². The normalized spacial score (nSPS) is 11.6. The van der Waals surface area contributed by atoms with Crippen molar-refractivity contribution >= 4 is 63.0 Å². The summed E-state index contributed by atoms with van der Waals surface area (Å²) in [5, 5.41) is 2.63. The van der Waals surface area contributed by atoms with Gasteiger partial charge in [-0.25, -0.2) is 0 Å². The average Bonchev–Trinajstić information content (AvgIpc) is 2.45. The van der Waals surface area contributed by atoms with Gasteiger partial charge in [0.05, 0.1) is 10.1 Å². The molecule has 0 amide bonds. The number of hydrogen-bond acceptors (Lipinski definition) is 3. The van der Waals surface area contributed by atoms with Crippen molar-refractivity contribution in [1.29, 1.82) is 0 Å². The van der Waals surface area contributed by atoms with Gasteiger partial charge in [0.2, 0.25) is 0 Å². The molecule has 1 nitrogen and oxygen atoms in total. The molecule has 0 saturated carbocycles. The highest BCUT2D eigenvalue weighted by atomic mass is 35.5. The molecule has 2 aromatic carbocycles. The molecule has 0 aliphatic rings. The van der Waals surface area contributed by atoms with E-state index >= 15 is 0 Å². The van der Waals surface area contributed by atoms with Gasteiger partial charge in [-0.2, -0.15) is 0 Å². The highest BCUT2D eigenvalue weighted by molar-refractivity contribution is 8.06. The van der Waals surface area contributed by atoms with Crippen LogP contribution >= 0.6 is 47.2 Å². The molecule has 0 radical (unpaired) electrons. The number of rotatable bonds is 4. The smallest absolute Gasteiger partial charge is 0.177 e. The molecule has 0 aliphatic carbocycles. The molecule has 2 rings (SSSR count). The molecular weight excluding hydrogens is 319 g/mol. The van der Waals surface area contributed by atoms with Crippen molar-refractivity contribution in [1.82, 2.24) is 0 Å². The summed E-state index contributed by atoms with van der Waals surface area (Å²) in [5.74, 6) is 1.25. The molecule has 98 valence electrons. The van der Waals surface area contributed by atoms with E-state index in [4.69, 9.17) is 40.2 Å². The van der Waals surface area contributed by atoms with Gasteiger partial charge in [0.25, 0.3) is 0 Å². The second kappa shape index (κ2) is 7.15. The second-order valence-corrected chi connectivity index (χ2v) is 5.98. The Morgan fingerprint density at radius 1 is 1.21 bits per heavy atom. The van der Waals surface area contributed by atoms with Gasteiger partial charge < -0.3 is 4.74 Å². The van der Waals surface area contributed by atoms with Crippen molar-refractivity contribution in [2.24, 2.45) is 0 Å². The Morgan fingerprint density at radius 3 is 2.74 bits per heavy atom. The maximum absolute atomic E-state index is 5.78. The van der Waals surface area contributed by atoms with Crippen molar-refractivity contribution in [2.45, 2.75) is 0 Å². The minimum atomic E-state index is 0.470. The first-order valence-corrected chi connectivity index (χ1v) is 7.68. The zero-order valence-corrected chi connectivity index (χ0v) is 13.0. The summed E-state index contributed by atoms with van der Waals surface area (Å²) >= 11 is 17.8. The molecule has 0 N–H and O–H groups in total. The van der Waals surface area contributed by atoms with Crippen LogP contribution in [-0.4, -0.2) is 10.8 Å². The van der Waals surface area contributed by atoms with Crippen molar-refractivity contribution in [3.8, 4) is 5.75 Å². The van der Waals surface area contributed by atoms with E-state index in [9.17, 15) is 0 Å². The Labute approximate surface area is 131 Å². The maximum Gasteiger partial charge on any atom is 0.177 e. The van der Waals surface area contributed by atoms with Gasteiger partial charge >= 0.3 is 0 Å². The van der Waals surface area contributed by atoms with Crippen LogP contribution < -0.4 is 4.74 Å². The zero-order chi connectivity index (χ0) is 13.7. The number of ether oxygens (including phenoxy) is 1. The number of hydrogen-bond donors (Lipinski definition) is 0. The molecule has 0 heterocycles. The molecule has 5 heteroatoms. The first-order valence-electron chi connectivity index (χ1n) is 5.48. The predicted molar refractivity (Wildman–Crippen MR) is 89.4 cm³/mol. The van der Waals surface area contributed by atoms with Crippen LogP contribution in [0.1, 0.15) is 0 Å². The minimum Gasteiger partial charge on any atom is -0.449 e. The summed E-state index contributed by atoms with van der Waals surface area (Å²) < 4.78 is 6.20.